The van der Waals surface area contributed by atoms with Gasteiger partial charge in [-0.05, 0) is 44.4 Å². The van der Waals surface area contributed by atoms with Crippen LogP contribution in [0, 0.1) is 0 Å². The lowest BCUT2D eigenvalue weighted by Crippen LogP contribution is -2.42. The Labute approximate surface area is 115 Å². The van der Waals surface area contributed by atoms with Crippen molar-refractivity contribution >= 4 is 11.8 Å². The summed E-state index contributed by atoms with van der Waals surface area (Å²) in [7, 11) is 0. The Kier molecular flexibility index (Phi) is 3.92. The maximum Gasteiger partial charge on any atom is 0.416 e. The molecule has 20 heavy (non-hydrogen) atoms. The maximum absolute atomic E-state index is 12.8. The number of rotatable bonds is 1. The highest BCUT2D eigenvalue weighted by atomic mass is 19.4. The number of anilines is 1. The highest BCUT2D eigenvalue weighted by molar-refractivity contribution is 5.90. The molecule has 1 amide bonds. The molecule has 3 nitrogen and oxygen atoms in total. The lowest BCUT2D eigenvalue weighted by atomic mass is 9.95. The van der Waals surface area contributed by atoms with Crippen molar-refractivity contribution in [2.75, 3.05) is 11.5 Å². The number of hydrogen-bond acceptors (Lipinski definition) is 2. The Morgan fingerprint density at radius 2 is 2.15 bits per heavy atom. The smallest absolute Gasteiger partial charge is 0.416 e. The lowest BCUT2D eigenvalue weighted by Gasteiger charge is -2.34. The van der Waals surface area contributed by atoms with Crippen molar-refractivity contribution in [1.29, 1.82) is 0 Å². The molecule has 0 fully saturated rings. The van der Waals surface area contributed by atoms with Gasteiger partial charge in [0.2, 0.25) is 0 Å². The molecule has 0 aliphatic carbocycles. The Morgan fingerprint density at radius 1 is 1.45 bits per heavy atom. The van der Waals surface area contributed by atoms with E-state index in [2.05, 4.69) is 0 Å². The Bertz CT molecular complexity index is 514. The number of benzene rings is 1. The molecule has 1 heterocycles. The molecule has 1 aliphatic rings. The van der Waals surface area contributed by atoms with Crippen LogP contribution < -0.4 is 4.90 Å². The second-order valence-corrected chi connectivity index (χ2v) is 4.80. The molecule has 0 radical (unpaired) electrons. The molecule has 110 valence electrons. The van der Waals surface area contributed by atoms with Crippen molar-refractivity contribution in [3.05, 3.63) is 29.3 Å². The largest absolute Gasteiger partial charge is 0.449 e. The summed E-state index contributed by atoms with van der Waals surface area (Å²) in [5, 5.41) is 0. The molecule has 1 unspecified atom stereocenters. The summed E-state index contributed by atoms with van der Waals surface area (Å²) in [6, 6.07) is 3.35. The zero-order chi connectivity index (χ0) is 14.9. The monoisotopic (exact) mass is 287 g/mol. The Balaban J connectivity index is 2.45. The molecule has 0 saturated carbocycles. The number of carbonyl (C=O) groups is 1. The van der Waals surface area contributed by atoms with Gasteiger partial charge in [0.05, 0.1) is 17.9 Å². The van der Waals surface area contributed by atoms with Gasteiger partial charge < -0.3 is 4.74 Å². The predicted molar refractivity (Wildman–Crippen MR) is 68.7 cm³/mol. The van der Waals surface area contributed by atoms with Crippen molar-refractivity contribution in [2.24, 2.45) is 0 Å². The molecule has 0 aromatic heterocycles. The summed E-state index contributed by atoms with van der Waals surface area (Å²) in [6.45, 7) is 3.66. The number of nitrogens with zero attached hydrogens (tertiary/aromatic N) is 1. The van der Waals surface area contributed by atoms with Crippen molar-refractivity contribution in [3.63, 3.8) is 0 Å². The standard InChI is InChI=1S/C14H16F3NO2/c1-3-20-13(19)18-9(2)4-5-10-6-7-11(8-12(10)18)14(15,16)17/h6-9H,3-5H2,1-2H3. The molecule has 1 atom stereocenters. The zero-order valence-electron chi connectivity index (χ0n) is 11.3. The van der Waals surface area contributed by atoms with Gasteiger partial charge >= 0.3 is 12.3 Å². The van der Waals surface area contributed by atoms with Gasteiger partial charge in [-0.3, -0.25) is 4.90 Å². The molecule has 0 bridgehead atoms. The third-order valence-electron chi connectivity index (χ3n) is 3.41. The average Bonchev–Trinajstić information content (AvgIpc) is 2.37. The molecule has 1 aliphatic heterocycles. The number of hydrogen-bond donors (Lipinski definition) is 0. The highest BCUT2D eigenvalue weighted by Gasteiger charge is 2.35. The molecule has 0 N–H and O–H groups in total. The number of amides is 1. The van der Waals surface area contributed by atoms with Crippen molar-refractivity contribution < 1.29 is 22.7 Å². The molecular formula is C14H16F3NO2. The fraction of sp³-hybridized carbons (Fsp3) is 0.500. The van der Waals surface area contributed by atoms with Gasteiger partial charge in [0.15, 0.2) is 0 Å². The molecule has 0 saturated heterocycles. The van der Waals surface area contributed by atoms with Crippen LogP contribution in [0.25, 0.3) is 0 Å². The second-order valence-electron chi connectivity index (χ2n) is 4.80. The molecule has 2 rings (SSSR count). The normalized spacial score (nSPS) is 18.6. The van der Waals surface area contributed by atoms with Gasteiger partial charge in [-0.25, -0.2) is 4.79 Å². The fourth-order valence-corrected chi connectivity index (χ4v) is 2.38. The molecule has 1 aromatic carbocycles. The first kappa shape index (κ1) is 14.7. The van der Waals surface area contributed by atoms with Gasteiger partial charge in [0.25, 0.3) is 0 Å². The third kappa shape index (κ3) is 2.73. The first-order valence-corrected chi connectivity index (χ1v) is 6.50. The van der Waals surface area contributed by atoms with E-state index in [0.717, 1.165) is 17.7 Å². The van der Waals surface area contributed by atoms with E-state index in [-0.39, 0.29) is 12.6 Å². The number of fused-ring (bicyclic) bond motifs is 1. The number of ether oxygens (including phenoxy) is 1. The number of carbonyl (C=O) groups excluding carboxylic acids is 1. The van der Waals surface area contributed by atoms with Crippen molar-refractivity contribution in [3.8, 4) is 0 Å². The summed E-state index contributed by atoms with van der Waals surface area (Å²) < 4.78 is 43.3. The minimum Gasteiger partial charge on any atom is -0.449 e. The van der Waals surface area contributed by atoms with Crippen LogP contribution in [0.4, 0.5) is 23.7 Å². The van der Waals surface area contributed by atoms with E-state index in [9.17, 15) is 18.0 Å². The van der Waals surface area contributed by atoms with Crippen LogP contribution in [-0.4, -0.2) is 18.7 Å². The van der Waals surface area contributed by atoms with E-state index in [0.29, 0.717) is 18.5 Å². The quantitative estimate of drug-likeness (QED) is 0.781. The predicted octanol–water partition coefficient (Wildman–Crippen LogP) is 4.00. The van der Waals surface area contributed by atoms with Crippen LogP contribution >= 0.6 is 0 Å². The molecule has 6 heteroatoms. The minimum atomic E-state index is -4.42. The van der Waals surface area contributed by atoms with Crippen LogP contribution in [0.2, 0.25) is 0 Å². The van der Waals surface area contributed by atoms with Gasteiger partial charge in [-0.15, -0.1) is 0 Å². The van der Waals surface area contributed by atoms with Crippen LogP contribution in [-0.2, 0) is 17.3 Å². The molecule has 0 spiro atoms. The van der Waals surface area contributed by atoms with E-state index in [4.69, 9.17) is 4.74 Å². The van der Waals surface area contributed by atoms with Crippen molar-refractivity contribution in [2.45, 2.75) is 38.9 Å². The highest BCUT2D eigenvalue weighted by Crippen LogP contribution is 2.37. The van der Waals surface area contributed by atoms with E-state index in [1.807, 2.05) is 0 Å². The van der Waals surface area contributed by atoms with Crippen LogP contribution in [0.15, 0.2) is 18.2 Å². The molecular weight excluding hydrogens is 271 g/mol. The van der Waals surface area contributed by atoms with Crippen LogP contribution in [0.5, 0.6) is 0 Å². The second kappa shape index (κ2) is 5.34. The van der Waals surface area contributed by atoms with E-state index < -0.39 is 17.8 Å². The number of alkyl halides is 3. The summed E-state index contributed by atoms with van der Waals surface area (Å²) >= 11 is 0. The first-order chi connectivity index (χ1) is 9.34. The van der Waals surface area contributed by atoms with Gasteiger partial charge in [0, 0.05) is 6.04 Å². The SMILES string of the molecule is CCOC(=O)N1c2cc(C(F)(F)F)ccc2CCC1C. The fourth-order valence-electron chi connectivity index (χ4n) is 2.38. The van der Waals surface area contributed by atoms with Crippen LogP contribution in [0.1, 0.15) is 31.4 Å². The lowest BCUT2D eigenvalue weighted by molar-refractivity contribution is -0.137. The van der Waals surface area contributed by atoms with Gasteiger partial charge in [-0.1, -0.05) is 6.07 Å². The zero-order valence-corrected chi connectivity index (χ0v) is 11.3. The summed E-state index contributed by atoms with van der Waals surface area (Å²) in [5.41, 5.74) is 0.292. The van der Waals surface area contributed by atoms with E-state index >= 15 is 0 Å². The average molecular weight is 287 g/mol. The Hall–Kier alpha value is -1.72. The van der Waals surface area contributed by atoms with Crippen LogP contribution in [0.3, 0.4) is 0 Å². The summed E-state index contributed by atoms with van der Waals surface area (Å²) in [4.78, 5) is 13.3. The summed E-state index contributed by atoms with van der Waals surface area (Å²) in [6.07, 6.45) is -3.65. The maximum atomic E-state index is 12.8. The third-order valence-corrected chi connectivity index (χ3v) is 3.41. The van der Waals surface area contributed by atoms with E-state index in [1.54, 1.807) is 13.8 Å². The van der Waals surface area contributed by atoms with Crippen molar-refractivity contribution in [1.82, 2.24) is 0 Å². The molecule has 1 aromatic rings. The number of halogens is 3. The van der Waals surface area contributed by atoms with Gasteiger partial charge in [-0.2, -0.15) is 13.2 Å². The van der Waals surface area contributed by atoms with E-state index in [1.165, 1.54) is 11.0 Å². The first-order valence-electron chi connectivity index (χ1n) is 6.50. The van der Waals surface area contributed by atoms with Gasteiger partial charge in [0.1, 0.15) is 0 Å². The Morgan fingerprint density at radius 3 is 2.75 bits per heavy atom. The topological polar surface area (TPSA) is 29.5 Å². The number of aryl methyl sites for hydroxylation is 1. The minimum absolute atomic E-state index is 0.176. The summed E-state index contributed by atoms with van der Waals surface area (Å²) in [5.74, 6) is 0.